The zero-order valence-electron chi connectivity index (χ0n) is 8.11. The number of imide groups is 1. The van der Waals surface area contributed by atoms with Crippen LogP contribution in [0.3, 0.4) is 0 Å². The summed E-state index contributed by atoms with van der Waals surface area (Å²) in [5.74, 6) is -0.587. The van der Waals surface area contributed by atoms with Crippen molar-refractivity contribution in [2.24, 2.45) is 0 Å². The average molecular weight is 197 g/mol. The van der Waals surface area contributed by atoms with Crippen molar-refractivity contribution >= 4 is 11.8 Å². The molecule has 2 fully saturated rings. The Morgan fingerprint density at radius 1 is 1.14 bits per heavy atom. The number of hydrogen-bond acceptors (Lipinski definition) is 3. The van der Waals surface area contributed by atoms with Crippen LogP contribution in [0.2, 0.25) is 0 Å². The van der Waals surface area contributed by atoms with E-state index >= 15 is 0 Å². The van der Waals surface area contributed by atoms with Gasteiger partial charge in [0.05, 0.1) is 6.42 Å². The van der Waals surface area contributed by atoms with Crippen molar-refractivity contribution in [3.8, 4) is 0 Å². The van der Waals surface area contributed by atoms with Crippen LogP contribution in [-0.4, -0.2) is 34.0 Å². The molecule has 0 aromatic carbocycles. The van der Waals surface area contributed by atoms with Gasteiger partial charge in [-0.05, 0) is 12.8 Å². The van der Waals surface area contributed by atoms with Gasteiger partial charge in [0.2, 0.25) is 5.91 Å². The average Bonchev–Trinajstić information content (AvgIpc) is 2.43. The van der Waals surface area contributed by atoms with Gasteiger partial charge in [0, 0.05) is 6.04 Å². The number of hydrogen-bond donors (Lipinski definition) is 1. The number of aliphatic hydroxyl groups excluding tert-OH is 1. The number of likely N-dealkylation sites (tertiary alicyclic amines) is 1. The summed E-state index contributed by atoms with van der Waals surface area (Å²) in [6, 6.07) is 0.0564. The van der Waals surface area contributed by atoms with E-state index in [4.69, 9.17) is 0 Å². The van der Waals surface area contributed by atoms with E-state index in [0.717, 1.165) is 25.7 Å². The second-order valence-electron chi connectivity index (χ2n) is 4.11. The molecule has 1 heterocycles. The van der Waals surface area contributed by atoms with Gasteiger partial charge >= 0.3 is 0 Å². The van der Waals surface area contributed by atoms with E-state index in [1.807, 2.05) is 0 Å². The van der Waals surface area contributed by atoms with Gasteiger partial charge in [-0.25, -0.2) is 0 Å². The topological polar surface area (TPSA) is 57.6 Å². The number of aliphatic hydroxyl groups is 1. The minimum atomic E-state index is -1.08. The second-order valence-corrected chi connectivity index (χ2v) is 4.11. The summed E-state index contributed by atoms with van der Waals surface area (Å²) in [6.07, 6.45) is 4.07. The van der Waals surface area contributed by atoms with E-state index in [0.29, 0.717) is 0 Å². The van der Waals surface area contributed by atoms with Crippen molar-refractivity contribution in [3.63, 3.8) is 0 Å². The first kappa shape index (κ1) is 9.65. The van der Waals surface area contributed by atoms with E-state index in [1.54, 1.807) is 0 Å². The Morgan fingerprint density at radius 3 is 2.29 bits per heavy atom. The Bertz CT molecular complexity index is 258. The van der Waals surface area contributed by atoms with Crippen LogP contribution in [0.4, 0.5) is 0 Å². The number of nitrogens with zero attached hydrogens (tertiary/aromatic N) is 1. The van der Waals surface area contributed by atoms with E-state index in [2.05, 4.69) is 0 Å². The van der Waals surface area contributed by atoms with Crippen LogP contribution >= 0.6 is 0 Å². The molecule has 1 N–H and O–H groups in total. The maximum absolute atomic E-state index is 11.5. The van der Waals surface area contributed by atoms with Crippen molar-refractivity contribution in [1.82, 2.24) is 4.90 Å². The second kappa shape index (κ2) is 3.69. The summed E-state index contributed by atoms with van der Waals surface area (Å²) < 4.78 is 0. The summed E-state index contributed by atoms with van der Waals surface area (Å²) in [6.45, 7) is 0. The molecule has 4 heteroatoms. The molecule has 0 bridgehead atoms. The third kappa shape index (κ3) is 1.54. The summed E-state index contributed by atoms with van der Waals surface area (Å²) in [4.78, 5) is 24.2. The first-order chi connectivity index (χ1) is 6.70. The van der Waals surface area contributed by atoms with Gasteiger partial charge in [-0.15, -0.1) is 0 Å². The number of amides is 2. The Balaban J connectivity index is 2.08. The molecule has 78 valence electrons. The first-order valence-corrected chi connectivity index (χ1v) is 5.24. The molecule has 0 radical (unpaired) electrons. The van der Waals surface area contributed by atoms with Gasteiger partial charge in [0.25, 0.3) is 5.91 Å². The largest absolute Gasteiger partial charge is 0.383 e. The van der Waals surface area contributed by atoms with Crippen LogP contribution in [-0.2, 0) is 9.59 Å². The normalized spacial score (nSPS) is 30.1. The third-order valence-electron chi connectivity index (χ3n) is 3.10. The third-order valence-corrected chi connectivity index (χ3v) is 3.10. The predicted octanol–water partition coefficient (Wildman–Crippen LogP) is 0.439. The Labute approximate surface area is 82.9 Å². The van der Waals surface area contributed by atoms with Crippen LogP contribution in [0.25, 0.3) is 0 Å². The minimum absolute atomic E-state index is 0.0185. The zero-order chi connectivity index (χ0) is 10.1. The van der Waals surface area contributed by atoms with Crippen molar-refractivity contribution < 1.29 is 14.7 Å². The van der Waals surface area contributed by atoms with E-state index < -0.39 is 6.10 Å². The van der Waals surface area contributed by atoms with Gasteiger partial charge < -0.3 is 5.11 Å². The van der Waals surface area contributed by atoms with Crippen molar-refractivity contribution in [2.75, 3.05) is 0 Å². The van der Waals surface area contributed by atoms with E-state index in [1.165, 1.54) is 11.3 Å². The highest BCUT2D eigenvalue weighted by Crippen LogP contribution is 2.26. The Hall–Kier alpha value is -0.900. The molecule has 0 spiro atoms. The van der Waals surface area contributed by atoms with Crippen LogP contribution in [0.15, 0.2) is 0 Å². The lowest BCUT2D eigenvalue weighted by molar-refractivity contribution is -0.144. The summed E-state index contributed by atoms with van der Waals surface area (Å²) >= 11 is 0. The smallest absolute Gasteiger partial charge is 0.258 e. The quantitative estimate of drug-likeness (QED) is 0.620. The molecule has 14 heavy (non-hydrogen) atoms. The van der Waals surface area contributed by atoms with E-state index in [9.17, 15) is 14.7 Å². The first-order valence-electron chi connectivity index (χ1n) is 5.24. The molecule has 0 aromatic rings. The maximum atomic E-state index is 11.5. The fourth-order valence-electron chi connectivity index (χ4n) is 2.36. The van der Waals surface area contributed by atoms with Gasteiger partial charge in [-0.3, -0.25) is 14.5 Å². The molecule has 0 aromatic heterocycles. The van der Waals surface area contributed by atoms with Crippen molar-refractivity contribution in [1.29, 1.82) is 0 Å². The van der Waals surface area contributed by atoms with Gasteiger partial charge in [0.1, 0.15) is 6.10 Å². The predicted molar refractivity (Wildman–Crippen MR) is 49.3 cm³/mol. The molecule has 0 unspecified atom stereocenters. The molecule has 1 saturated carbocycles. The minimum Gasteiger partial charge on any atom is -0.383 e. The SMILES string of the molecule is O=C1C[C@H](O)C(=O)N1C1CCCCC1. The van der Waals surface area contributed by atoms with Gasteiger partial charge in [-0.1, -0.05) is 19.3 Å². The van der Waals surface area contributed by atoms with Crippen LogP contribution < -0.4 is 0 Å². The molecule has 2 aliphatic rings. The summed E-state index contributed by atoms with van der Waals surface area (Å²) in [7, 11) is 0. The fraction of sp³-hybridized carbons (Fsp3) is 0.800. The van der Waals surface area contributed by atoms with Crippen LogP contribution in [0, 0.1) is 0 Å². The number of rotatable bonds is 1. The maximum Gasteiger partial charge on any atom is 0.258 e. The van der Waals surface area contributed by atoms with Crippen LogP contribution in [0.5, 0.6) is 0 Å². The van der Waals surface area contributed by atoms with Gasteiger partial charge in [0.15, 0.2) is 0 Å². The monoisotopic (exact) mass is 197 g/mol. The molecule has 1 aliphatic heterocycles. The van der Waals surface area contributed by atoms with Crippen molar-refractivity contribution in [3.05, 3.63) is 0 Å². The van der Waals surface area contributed by atoms with Gasteiger partial charge in [-0.2, -0.15) is 0 Å². The molecule has 2 rings (SSSR count). The molecular weight excluding hydrogens is 182 g/mol. The highest BCUT2D eigenvalue weighted by atomic mass is 16.3. The molecule has 4 nitrogen and oxygen atoms in total. The Kier molecular flexibility index (Phi) is 2.54. The van der Waals surface area contributed by atoms with E-state index in [-0.39, 0.29) is 24.3 Å². The highest BCUT2D eigenvalue weighted by molar-refractivity contribution is 6.05. The standard InChI is InChI=1S/C10H15NO3/c12-8-6-9(13)11(10(8)14)7-4-2-1-3-5-7/h7-8,12H,1-6H2/t8-/m0/s1. The molecule has 2 amide bonds. The molecular formula is C10H15NO3. The molecule has 1 aliphatic carbocycles. The highest BCUT2D eigenvalue weighted by Gasteiger charge is 2.41. The lowest BCUT2D eigenvalue weighted by Gasteiger charge is -2.29. The Morgan fingerprint density at radius 2 is 1.79 bits per heavy atom. The fourth-order valence-corrected chi connectivity index (χ4v) is 2.36. The number of carbonyl (C=O) groups excluding carboxylic acids is 2. The summed E-state index contributed by atoms with van der Waals surface area (Å²) in [5.41, 5.74) is 0. The van der Waals surface area contributed by atoms with Crippen molar-refractivity contribution in [2.45, 2.75) is 50.7 Å². The molecule has 1 atom stereocenters. The lowest BCUT2D eigenvalue weighted by Crippen LogP contribution is -2.42. The number of carbonyl (C=O) groups is 2. The zero-order valence-corrected chi connectivity index (χ0v) is 8.11. The summed E-state index contributed by atoms with van der Waals surface area (Å²) in [5, 5.41) is 9.26. The van der Waals surface area contributed by atoms with Crippen LogP contribution in [0.1, 0.15) is 38.5 Å². The molecule has 1 saturated heterocycles. The lowest BCUT2D eigenvalue weighted by atomic mass is 9.94.